The van der Waals surface area contributed by atoms with Gasteiger partial charge in [-0.05, 0) is 13.0 Å². The Morgan fingerprint density at radius 2 is 2.33 bits per heavy atom. The number of nitrogens with two attached hydrogens (primary N) is 1. The molecule has 0 aliphatic heterocycles. The van der Waals surface area contributed by atoms with Crippen molar-refractivity contribution >= 4 is 17.3 Å². The van der Waals surface area contributed by atoms with E-state index >= 15 is 0 Å². The van der Waals surface area contributed by atoms with E-state index in [2.05, 4.69) is 15.3 Å². The highest BCUT2D eigenvalue weighted by Crippen LogP contribution is 2.20. The third kappa shape index (κ3) is 2.54. The van der Waals surface area contributed by atoms with Crippen molar-refractivity contribution in [2.45, 2.75) is 13.5 Å². The number of nitrogens with one attached hydrogen (secondary N) is 1. The molecule has 0 saturated heterocycles. The van der Waals surface area contributed by atoms with Gasteiger partial charge in [0, 0.05) is 6.07 Å². The van der Waals surface area contributed by atoms with Crippen molar-refractivity contribution in [1.29, 1.82) is 0 Å². The summed E-state index contributed by atoms with van der Waals surface area (Å²) in [5.74, 6) is 1.51. The molecule has 0 spiro atoms. The summed E-state index contributed by atoms with van der Waals surface area (Å²) in [7, 11) is 0. The van der Waals surface area contributed by atoms with Gasteiger partial charge in [-0.25, -0.2) is 9.97 Å². The molecule has 8 heteroatoms. The van der Waals surface area contributed by atoms with E-state index in [-0.39, 0.29) is 11.5 Å². The van der Waals surface area contributed by atoms with Gasteiger partial charge >= 0.3 is 5.69 Å². The van der Waals surface area contributed by atoms with Gasteiger partial charge < -0.3 is 15.5 Å². The zero-order valence-corrected chi connectivity index (χ0v) is 9.58. The van der Waals surface area contributed by atoms with Crippen LogP contribution in [0.5, 0.6) is 0 Å². The molecule has 94 valence electrons. The Morgan fingerprint density at radius 3 is 2.89 bits per heavy atom. The number of nitrogen functional groups attached to an aromatic ring is 1. The smallest absolute Gasteiger partial charge is 0.311 e. The summed E-state index contributed by atoms with van der Waals surface area (Å²) in [6.07, 6.45) is 1.61. The molecule has 0 aliphatic rings. The Morgan fingerprint density at radius 1 is 1.56 bits per heavy atom. The van der Waals surface area contributed by atoms with E-state index in [0.717, 1.165) is 0 Å². The third-order valence-electron chi connectivity index (χ3n) is 2.19. The molecular formula is C10H11N5O3. The number of oxazole rings is 1. The average molecular weight is 249 g/mol. The van der Waals surface area contributed by atoms with Crippen molar-refractivity contribution in [2.75, 3.05) is 11.1 Å². The predicted molar refractivity (Wildman–Crippen MR) is 63.9 cm³/mol. The maximum atomic E-state index is 10.6. The van der Waals surface area contributed by atoms with Gasteiger partial charge in [0.2, 0.25) is 11.7 Å². The summed E-state index contributed by atoms with van der Waals surface area (Å²) >= 11 is 0. The molecule has 0 fully saturated rings. The van der Waals surface area contributed by atoms with E-state index in [0.29, 0.717) is 24.0 Å². The second-order valence-corrected chi connectivity index (χ2v) is 3.58. The first-order valence-electron chi connectivity index (χ1n) is 5.12. The monoisotopic (exact) mass is 249 g/mol. The predicted octanol–water partition coefficient (Wildman–Crippen LogP) is 1.48. The van der Waals surface area contributed by atoms with Crippen LogP contribution in [-0.2, 0) is 6.54 Å². The van der Waals surface area contributed by atoms with Gasteiger partial charge in [-0.2, -0.15) is 0 Å². The van der Waals surface area contributed by atoms with E-state index in [4.69, 9.17) is 10.2 Å². The average Bonchev–Trinajstić information content (AvgIpc) is 2.72. The van der Waals surface area contributed by atoms with E-state index in [1.54, 1.807) is 13.1 Å². The number of aryl methyl sites for hydroxylation is 1. The minimum absolute atomic E-state index is 0.131. The lowest BCUT2D eigenvalue weighted by Gasteiger charge is -2.03. The zero-order chi connectivity index (χ0) is 13.1. The normalized spacial score (nSPS) is 10.3. The quantitative estimate of drug-likeness (QED) is 0.621. The van der Waals surface area contributed by atoms with Crippen LogP contribution in [0.1, 0.15) is 11.7 Å². The van der Waals surface area contributed by atoms with E-state index in [9.17, 15) is 10.1 Å². The lowest BCUT2D eigenvalue weighted by atomic mass is 10.4. The second-order valence-electron chi connectivity index (χ2n) is 3.58. The first-order chi connectivity index (χ1) is 8.56. The van der Waals surface area contributed by atoms with Crippen molar-refractivity contribution in [3.8, 4) is 0 Å². The van der Waals surface area contributed by atoms with Gasteiger partial charge in [0.25, 0.3) is 0 Å². The number of anilines is 2. The SMILES string of the molecule is Cc1cnc(CNc2ccc([N+](=O)[O-])c(N)n2)o1. The van der Waals surface area contributed by atoms with Crippen LogP contribution >= 0.6 is 0 Å². The number of nitro groups is 1. The van der Waals surface area contributed by atoms with Crippen LogP contribution < -0.4 is 11.1 Å². The van der Waals surface area contributed by atoms with Gasteiger partial charge in [-0.15, -0.1) is 0 Å². The largest absolute Gasteiger partial charge is 0.444 e. The highest BCUT2D eigenvalue weighted by atomic mass is 16.6. The molecule has 18 heavy (non-hydrogen) atoms. The molecule has 0 radical (unpaired) electrons. The molecule has 0 amide bonds. The van der Waals surface area contributed by atoms with Crippen molar-refractivity contribution < 1.29 is 9.34 Å². The maximum absolute atomic E-state index is 10.6. The van der Waals surface area contributed by atoms with Crippen LogP contribution in [0.25, 0.3) is 0 Å². The van der Waals surface area contributed by atoms with Crippen molar-refractivity contribution in [1.82, 2.24) is 9.97 Å². The molecule has 3 N–H and O–H groups in total. The van der Waals surface area contributed by atoms with Crippen LogP contribution in [0, 0.1) is 17.0 Å². The Labute approximate surface area is 102 Å². The molecule has 2 rings (SSSR count). The lowest BCUT2D eigenvalue weighted by Crippen LogP contribution is -2.05. The molecule has 0 aliphatic carbocycles. The molecule has 2 heterocycles. The van der Waals surface area contributed by atoms with Crippen LogP contribution in [-0.4, -0.2) is 14.9 Å². The summed E-state index contributed by atoms with van der Waals surface area (Å²) in [4.78, 5) is 17.8. The number of rotatable bonds is 4. The van der Waals surface area contributed by atoms with Crippen LogP contribution in [0.15, 0.2) is 22.7 Å². The van der Waals surface area contributed by atoms with E-state index in [1.165, 1.54) is 12.1 Å². The molecule has 0 atom stereocenters. The number of pyridine rings is 1. The summed E-state index contributed by atoms with van der Waals surface area (Å²) in [5.41, 5.74) is 5.25. The summed E-state index contributed by atoms with van der Waals surface area (Å²) < 4.78 is 5.26. The fraction of sp³-hybridized carbons (Fsp3) is 0.200. The van der Waals surface area contributed by atoms with Crippen LogP contribution in [0.4, 0.5) is 17.3 Å². The summed E-state index contributed by atoms with van der Waals surface area (Å²) in [6, 6.07) is 2.77. The summed E-state index contributed by atoms with van der Waals surface area (Å²) in [6.45, 7) is 2.12. The molecule has 8 nitrogen and oxygen atoms in total. The molecule has 0 unspecified atom stereocenters. The standard InChI is InChI=1S/C10H11N5O3/c1-6-4-13-9(18-6)5-12-8-3-2-7(15(16)17)10(11)14-8/h2-4H,5H2,1H3,(H3,11,12,14). The Bertz CT molecular complexity index is 581. The molecule has 2 aromatic rings. The van der Waals surface area contributed by atoms with Crippen LogP contribution in [0.3, 0.4) is 0 Å². The highest BCUT2D eigenvalue weighted by molar-refractivity contribution is 5.57. The van der Waals surface area contributed by atoms with E-state index in [1.807, 2.05) is 0 Å². The lowest BCUT2D eigenvalue weighted by molar-refractivity contribution is -0.384. The van der Waals surface area contributed by atoms with Crippen molar-refractivity contribution in [3.05, 3.63) is 40.1 Å². The first kappa shape index (κ1) is 11.8. The Kier molecular flexibility index (Phi) is 3.09. The fourth-order valence-electron chi connectivity index (χ4n) is 1.37. The van der Waals surface area contributed by atoms with Gasteiger partial charge in [0.05, 0.1) is 17.7 Å². The number of hydrogen-bond acceptors (Lipinski definition) is 7. The molecule has 0 bridgehead atoms. The number of nitrogens with zero attached hydrogens (tertiary/aromatic N) is 3. The van der Waals surface area contributed by atoms with Crippen molar-refractivity contribution in [2.24, 2.45) is 0 Å². The molecular weight excluding hydrogens is 238 g/mol. The third-order valence-corrected chi connectivity index (χ3v) is 2.19. The Balaban J connectivity index is 2.06. The molecule has 0 saturated carbocycles. The minimum atomic E-state index is -0.580. The number of aromatic nitrogens is 2. The van der Waals surface area contributed by atoms with Crippen LogP contribution in [0.2, 0.25) is 0 Å². The van der Waals surface area contributed by atoms with Gasteiger partial charge in [-0.3, -0.25) is 10.1 Å². The van der Waals surface area contributed by atoms with Gasteiger partial charge in [-0.1, -0.05) is 0 Å². The van der Waals surface area contributed by atoms with Gasteiger partial charge in [0.1, 0.15) is 11.6 Å². The fourth-order valence-corrected chi connectivity index (χ4v) is 1.37. The second kappa shape index (κ2) is 4.70. The molecule has 0 aromatic carbocycles. The van der Waals surface area contributed by atoms with E-state index < -0.39 is 4.92 Å². The number of hydrogen-bond donors (Lipinski definition) is 2. The molecule has 2 aromatic heterocycles. The topological polar surface area (TPSA) is 120 Å². The van der Waals surface area contributed by atoms with Crippen molar-refractivity contribution in [3.63, 3.8) is 0 Å². The van der Waals surface area contributed by atoms with Gasteiger partial charge in [0.15, 0.2) is 0 Å². The Hall–Kier alpha value is -2.64. The first-order valence-corrected chi connectivity index (χ1v) is 5.12. The maximum Gasteiger partial charge on any atom is 0.311 e. The minimum Gasteiger partial charge on any atom is -0.444 e. The highest BCUT2D eigenvalue weighted by Gasteiger charge is 2.12. The zero-order valence-electron chi connectivity index (χ0n) is 9.58. The summed E-state index contributed by atoms with van der Waals surface area (Å²) in [5, 5.41) is 13.5.